The van der Waals surface area contributed by atoms with Gasteiger partial charge in [0.15, 0.2) is 0 Å². The summed E-state index contributed by atoms with van der Waals surface area (Å²) in [4.78, 5) is 41.4. The van der Waals surface area contributed by atoms with E-state index in [-0.39, 0.29) is 18.4 Å². The van der Waals surface area contributed by atoms with E-state index in [1.54, 1.807) is 23.1 Å². The van der Waals surface area contributed by atoms with Crippen molar-refractivity contribution in [3.05, 3.63) is 57.8 Å². The van der Waals surface area contributed by atoms with Gasteiger partial charge in [-0.1, -0.05) is 24.3 Å². The fourth-order valence-electron chi connectivity index (χ4n) is 4.11. The van der Waals surface area contributed by atoms with Crippen molar-refractivity contribution in [1.82, 2.24) is 9.80 Å². The van der Waals surface area contributed by atoms with Crippen LogP contribution in [0.25, 0.3) is 0 Å². The Morgan fingerprint density at radius 3 is 2.45 bits per heavy atom. The molecule has 0 N–H and O–H groups in total. The molecule has 0 aliphatic carbocycles. The highest BCUT2D eigenvalue weighted by atomic mass is 32.1. The Labute approximate surface area is 172 Å². The van der Waals surface area contributed by atoms with Crippen molar-refractivity contribution < 1.29 is 24.2 Å². The van der Waals surface area contributed by atoms with Gasteiger partial charge in [0, 0.05) is 31.5 Å². The molecule has 0 radical (unpaired) electrons. The molecule has 7 nitrogen and oxygen atoms in total. The van der Waals surface area contributed by atoms with Gasteiger partial charge < -0.3 is 19.5 Å². The number of carboxylic acid groups (broad SMARTS) is 1. The van der Waals surface area contributed by atoms with E-state index >= 15 is 0 Å². The maximum atomic E-state index is 13.3. The van der Waals surface area contributed by atoms with E-state index in [2.05, 4.69) is 0 Å². The number of carboxylic acids is 1. The minimum absolute atomic E-state index is 0.0546. The molecule has 0 unspecified atom stereocenters. The zero-order chi connectivity index (χ0) is 20.6. The molecule has 2 aromatic rings. The lowest BCUT2D eigenvalue weighted by atomic mass is 9.96. The monoisotopic (exact) mass is 413 g/mol. The highest BCUT2D eigenvalue weighted by molar-refractivity contribution is 7.12. The number of aliphatic carboxylic acids is 1. The molecule has 4 rings (SSSR count). The van der Waals surface area contributed by atoms with Gasteiger partial charge in [-0.15, -0.1) is 11.3 Å². The molecule has 152 valence electrons. The number of likely N-dealkylation sites (tertiary alicyclic amines) is 1. The fraction of sp³-hybridized carbons (Fsp3) is 0.381. The van der Waals surface area contributed by atoms with Crippen molar-refractivity contribution in [3.8, 4) is 0 Å². The van der Waals surface area contributed by atoms with Gasteiger partial charge in [0.25, 0.3) is 11.8 Å². The molecule has 8 heteroatoms. The van der Waals surface area contributed by atoms with Crippen LogP contribution in [0, 0.1) is 6.92 Å². The van der Waals surface area contributed by atoms with Crippen LogP contribution in [-0.2, 0) is 9.53 Å². The number of piperidine rings is 1. The molecule has 0 saturated carbocycles. The number of benzene rings is 1. The first-order valence-electron chi connectivity index (χ1n) is 9.50. The second-order valence-corrected chi connectivity index (χ2v) is 8.30. The van der Waals surface area contributed by atoms with E-state index < -0.39 is 17.7 Å². The van der Waals surface area contributed by atoms with Crippen molar-refractivity contribution in [3.63, 3.8) is 0 Å². The summed E-state index contributed by atoms with van der Waals surface area (Å²) in [7, 11) is 0. The molecule has 1 atom stereocenters. The molecule has 2 fully saturated rings. The van der Waals surface area contributed by atoms with Gasteiger partial charge in [0.1, 0.15) is 5.72 Å². The summed E-state index contributed by atoms with van der Waals surface area (Å²) in [5.41, 5.74) is 0.166. The number of hydrogen-bond donors (Lipinski definition) is 0. The first kappa shape index (κ1) is 19.6. The summed E-state index contributed by atoms with van der Waals surface area (Å²) >= 11 is 1.38. The van der Waals surface area contributed by atoms with Crippen molar-refractivity contribution in [2.45, 2.75) is 31.5 Å². The number of ether oxygens (including phenoxy) is 1. The SMILES string of the molecule is Cc1ccccc1C(=O)N1[C@H](C(=O)[O-])COC12CCN(C(=O)c1cccs1)CC2. The van der Waals surface area contributed by atoms with Gasteiger partial charge in [-0.3, -0.25) is 14.5 Å². The Bertz CT molecular complexity index is 934. The molecule has 2 amide bonds. The van der Waals surface area contributed by atoms with Crippen molar-refractivity contribution in [2.24, 2.45) is 0 Å². The average Bonchev–Trinajstić information content (AvgIpc) is 3.37. The smallest absolute Gasteiger partial charge is 0.263 e. The highest BCUT2D eigenvalue weighted by Gasteiger charge is 2.52. The predicted octanol–water partition coefficient (Wildman–Crippen LogP) is 1.28. The molecule has 1 aromatic heterocycles. The molecule has 3 heterocycles. The summed E-state index contributed by atoms with van der Waals surface area (Å²) in [6.07, 6.45) is 0.705. The molecule has 2 saturated heterocycles. The Balaban J connectivity index is 1.59. The van der Waals surface area contributed by atoms with Crippen LogP contribution in [0.2, 0.25) is 0 Å². The minimum atomic E-state index is -1.33. The maximum Gasteiger partial charge on any atom is 0.263 e. The number of carbonyl (C=O) groups is 3. The number of carbonyl (C=O) groups excluding carboxylic acids is 3. The van der Waals surface area contributed by atoms with Crippen molar-refractivity contribution in [1.29, 1.82) is 0 Å². The Kier molecular flexibility index (Phi) is 5.14. The Morgan fingerprint density at radius 2 is 1.83 bits per heavy atom. The third-order valence-corrected chi connectivity index (χ3v) is 6.55. The topological polar surface area (TPSA) is 90.0 Å². The predicted molar refractivity (Wildman–Crippen MR) is 104 cm³/mol. The van der Waals surface area contributed by atoms with Crippen LogP contribution in [0.5, 0.6) is 0 Å². The number of hydrogen-bond acceptors (Lipinski definition) is 6. The number of thiophene rings is 1. The molecular weight excluding hydrogens is 392 g/mol. The third-order valence-electron chi connectivity index (χ3n) is 5.69. The quantitative estimate of drug-likeness (QED) is 0.756. The van der Waals surface area contributed by atoms with Crippen LogP contribution in [-0.4, -0.2) is 59.0 Å². The molecule has 29 heavy (non-hydrogen) atoms. The number of rotatable bonds is 3. The van der Waals surface area contributed by atoms with Crippen LogP contribution in [0.1, 0.15) is 38.4 Å². The first-order valence-corrected chi connectivity index (χ1v) is 10.4. The van der Waals surface area contributed by atoms with Crippen LogP contribution in [0.4, 0.5) is 0 Å². The van der Waals surface area contributed by atoms with E-state index in [0.29, 0.717) is 36.4 Å². The van der Waals surface area contributed by atoms with Crippen molar-refractivity contribution in [2.75, 3.05) is 19.7 Å². The molecule has 2 aliphatic heterocycles. The van der Waals surface area contributed by atoms with Gasteiger partial charge in [-0.25, -0.2) is 0 Å². The number of amides is 2. The summed E-state index contributed by atoms with van der Waals surface area (Å²) in [6.45, 7) is 2.47. The summed E-state index contributed by atoms with van der Waals surface area (Å²) in [5, 5.41) is 13.6. The highest BCUT2D eigenvalue weighted by Crippen LogP contribution is 2.39. The van der Waals surface area contributed by atoms with Crippen LogP contribution in [0.3, 0.4) is 0 Å². The largest absolute Gasteiger partial charge is 0.548 e. The Hall–Kier alpha value is -2.71. The van der Waals surface area contributed by atoms with Gasteiger partial charge in [-0.05, 0) is 30.0 Å². The molecular formula is C21H21N2O5S-. The Morgan fingerprint density at radius 1 is 1.10 bits per heavy atom. The summed E-state index contributed by atoms with van der Waals surface area (Å²) < 4.78 is 5.92. The van der Waals surface area contributed by atoms with Gasteiger partial charge >= 0.3 is 0 Å². The summed E-state index contributed by atoms with van der Waals surface area (Å²) in [6, 6.07) is 9.54. The van der Waals surface area contributed by atoms with E-state index in [0.717, 1.165) is 5.56 Å². The zero-order valence-electron chi connectivity index (χ0n) is 16.0. The lowest BCUT2D eigenvalue weighted by molar-refractivity contribution is -0.310. The van der Waals surface area contributed by atoms with Crippen LogP contribution in [0.15, 0.2) is 41.8 Å². The van der Waals surface area contributed by atoms with Gasteiger partial charge in [-0.2, -0.15) is 0 Å². The molecule has 1 spiro atoms. The molecule has 1 aromatic carbocycles. The lowest BCUT2D eigenvalue weighted by Gasteiger charge is -2.45. The average molecular weight is 413 g/mol. The summed E-state index contributed by atoms with van der Waals surface area (Å²) in [5.74, 6) is -1.77. The second-order valence-electron chi connectivity index (χ2n) is 7.35. The number of aryl methyl sites for hydroxylation is 1. The van der Waals surface area contributed by atoms with E-state index in [1.807, 2.05) is 30.5 Å². The minimum Gasteiger partial charge on any atom is -0.548 e. The maximum absolute atomic E-state index is 13.3. The first-order chi connectivity index (χ1) is 13.9. The molecule has 0 bridgehead atoms. The van der Waals surface area contributed by atoms with Gasteiger partial charge in [0.2, 0.25) is 0 Å². The lowest BCUT2D eigenvalue weighted by Crippen LogP contribution is -2.60. The van der Waals surface area contributed by atoms with Crippen LogP contribution >= 0.6 is 11.3 Å². The third kappa shape index (κ3) is 3.42. The van der Waals surface area contributed by atoms with E-state index in [4.69, 9.17) is 4.74 Å². The zero-order valence-corrected chi connectivity index (χ0v) is 16.8. The van der Waals surface area contributed by atoms with Gasteiger partial charge in [0.05, 0.1) is 23.5 Å². The standard InChI is InChI=1S/C21H22N2O5S/c1-14-5-2-3-6-15(14)18(24)23-16(20(26)27)13-28-21(23)8-10-22(11-9-21)19(25)17-7-4-12-29-17/h2-7,12,16H,8-11,13H2,1H3,(H,26,27)/p-1/t16-/m0/s1. The van der Waals surface area contributed by atoms with Crippen LogP contribution < -0.4 is 5.11 Å². The van der Waals surface area contributed by atoms with Crippen molar-refractivity contribution >= 4 is 29.1 Å². The van der Waals surface area contributed by atoms with E-state index in [1.165, 1.54) is 16.2 Å². The fourth-order valence-corrected chi connectivity index (χ4v) is 4.80. The normalized spacial score (nSPS) is 20.8. The van der Waals surface area contributed by atoms with E-state index in [9.17, 15) is 19.5 Å². The molecule has 2 aliphatic rings. The number of nitrogens with zero attached hydrogens (tertiary/aromatic N) is 2. The second kappa shape index (κ2) is 7.61.